The fourth-order valence-electron chi connectivity index (χ4n) is 3.11. The van der Waals surface area contributed by atoms with Crippen molar-refractivity contribution in [3.05, 3.63) is 0 Å². The molecule has 1 saturated heterocycles. The molecule has 0 radical (unpaired) electrons. The monoisotopic (exact) mass is 312 g/mol. The summed E-state index contributed by atoms with van der Waals surface area (Å²) in [5.41, 5.74) is -0.248. The van der Waals surface area contributed by atoms with Gasteiger partial charge in [-0.25, -0.2) is 4.79 Å². The minimum atomic E-state index is -0.473. The Labute approximate surface area is 132 Å². The van der Waals surface area contributed by atoms with Crippen molar-refractivity contribution < 1.29 is 19.1 Å². The van der Waals surface area contributed by atoms with Gasteiger partial charge in [0.2, 0.25) is 0 Å². The number of nitrogens with one attached hydrogen (secondary N) is 1. The number of hydrogen-bond donors (Lipinski definition) is 1. The van der Waals surface area contributed by atoms with Crippen molar-refractivity contribution in [2.45, 2.75) is 58.1 Å². The molecule has 0 aromatic carbocycles. The van der Waals surface area contributed by atoms with Crippen LogP contribution in [0.4, 0.5) is 4.79 Å². The average molecular weight is 312 g/mol. The highest BCUT2D eigenvalue weighted by Crippen LogP contribution is 2.52. The molecule has 0 unspecified atom stereocenters. The molecule has 6 nitrogen and oxygen atoms in total. The van der Waals surface area contributed by atoms with Crippen LogP contribution in [0.5, 0.6) is 0 Å². The lowest BCUT2D eigenvalue weighted by molar-refractivity contribution is -0.140. The maximum Gasteiger partial charge on any atom is 0.407 e. The molecule has 1 saturated carbocycles. The number of ether oxygens (including phenoxy) is 2. The van der Waals surface area contributed by atoms with Crippen molar-refractivity contribution in [2.24, 2.45) is 5.41 Å². The summed E-state index contributed by atoms with van der Waals surface area (Å²) in [5, 5.41) is 3.03. The van der Waals surface area contributed by atoms with E-state index in [1.165, 1.54) is 7.11 Å². The normalized spacial score (nSPS) is 23.4. The van der Waals surface area contributed by atoms with E-state index >= 15 is 0 Å². The van der Waals surface area contributed by atoms with E-state index in [4.69, 9.17) is 4.74 Å². The molecule has 1 aliphatic carbocycles. The lowest BCUT2D eigenvalue weighted by Crippen LogP contribution is -2.44. The molecule has 0 aromatic rings. The predicted octanol–water partition coefficient (Wildman–Crippen LogP) is 1.93. The zero-order valence-corrected chi connectivity index (χ0v) is 14.1. The highest BCUT2D eigenvalue weighted by Gasteiger charge is 2.55. The molecule has 2 aliphatic rings. The minimum Gasteiger partial charge on any atom is -0.469 e. The van der Waals surface area contributed by atoms with E-state index in [0.29, 0.717) is 6.42 Å². The Bertz CT molecular complexity index is 426. The highest BCUT2D eigenvalue weighted by atomic mass is 16.6. The van der Waals surface area contributed by atoms with Gasteiger partial charge in [-0.15, -0.1) is 0 Å². The van der Waals surface area contributed by atoms with Crippen LogP contribution in [0.3, 0.4) is 0 Å². The van der Waals surface area contributed by atoms with Crippen LogP contribution in [-0.4, -0.2) is 55.3 Å². The quantitative estimate of drug-likeness (QED) is 0.786. The van der Waals surface area contributed by atoms with Gasteiger partial charge in [0.1, 0.15) is 5.60 Å². The molecule has 0 aromatic heterocycles. The number of carbonyl (C=O) groups is 2. The first-order chi connectivity index (χ1) is 10.2. The van der Waals surface area contributed by atoms with Crippen molar-refractivity contribution in [2.75, 3.05) is 26.7 Å². The summed E-state index contributed by atoms with van der Waals surface area (Å²) < 4.78 is 10.0. The number of esters is 1. The molecule has 0 bridgehead atoms. The summed E-state index contributed by atoms with van der Waals surface area (Å²) >= 11 is 0. The van der Waals surface area contributed by atoms with Gasteiger partial charge in [-0.3, -0.25) is 4.79 Å². The van der Waals surface area contributed by atoms with Crippen LogP contribution in [0.1, 0.15) is 46.5 Å². The zero-order chi connectivity index (χ0) is 16.4. The van der Waals surface area contributed by atoms with Gasteiger partial charge in [-0.2, -0.15) is 0 Å². The molecule has 2 rings (SSSR count). The number of methoxy groups -OCH3 is 1. The Hall–Kier alpha value is -1.30. The van der Waals surface area contributed by atoms with Gasteiger partial charge >= 0.3 is 12.1 Å². The Balaban J connectivity index is 1.78. The summed E-state index contributed by atoms with van der Waals surface area (Å²) in [6, 6.07) is 0.153. The highest BCUT2D eigenvalue weighted by molar-refractivity contribution is 5.69. The van der Waals surface area contributed by atoms with E-state index < -0.39 is 5.60 Å². The molecular formula is C16H28N2O4. The molecule has 1 heterocycles. The van der Waals surface area contributed by atoms with Crippen LogP contribution >= 0.6 is 0 Å². The van der Waals surface area contributed by atoms with Gasteiger partial charge in [0.05, 0.1) is 13.2 Å². The van der Waals surface area contributed by atoms with Gasteiger partial charge in [0.25, 0.3) is 0 Å². The fourth-order valence-corrected chi connectivity index (χ4v) is 3.11. The van der Waals surface area contributed by atoms with E-state index in [2.05, 4.69) is 15.0 Å². The maximum absolute atomic E-state index is 12.0. The van der Waals surface area contributed by atoms with E-state index in [1.54, 1.807) is 0 Å². The van der Waals surface area contributed by atoms with Crippen LogP contribution in [0.15, 0.2) is 0 Å². The molecule has 22 heavy (non-hydrogen) atoms. The maximum atomic E-state index is 12.0. The standard InChI is InChI=1S/C16H28N2O4/c1-15(2,3)22-14(20)17-12-10-18(11-16(12)7-8-16)9-5-6-13(19)21-4/h12H,5-11H2,1-4H3,(H,17,20)/t12-/m0/s1. The zero-order valence-electron chi connectivity index (χ0n) is 14.1. The first-order valence-electron chi connectivity index (χ1n) is 8.03. The third-order valence-electron chi connectivity index (χ3n) is 4.38. The lowest BCUT2D eigenvalue weighted by Gasteiger charge is -2.24. The van der Waals surface area contributed by atoms with E-state index in [0.717, 1.165) is 38.9 Å². The summed E-state index contributed by atoms with van der Waals surface area (Å²) in [5.74, 6) is -0.163. The summed E-state index contributed by atoms with van der Waals surface area (Å²) in [4.78, 5) is 25.5. The van der Waals surface area contributed by atoms with E-state index in [9.17, 15) is 9.59 Å². The third kappa shape index (κ3) is 4.60. The molecule has 1 atom stereocenters. The van der Waals surface area contributed by atoms with Crippen LogP contribution < -0.4 is 5.32 Å². The molecule has 1 amide bonds. The number of carbonyl (C=O) groups excluding carboxylic acids is 2. The Morgan fingerprint density at radius 1 is 1.32 bits per heavy atom. The number of nitrogens with zero attached hydrogens (tertiary/aromatic N) is 1. The predicted molar refractivity (Wildman–Crippen MR) is 82.5 cm³/mol. The molecule has 2 fully saturated rings. The second-order valence-corrected chi connectivity index (χ2v) is 7.48. The van der Waals surface area contributed by atoms with Gasteiger partial charge < -0.3 is 19.7 Å². The number of amides is 1. The topological polar surface area (TPSA) is 67.9 Å². The molecule has 1 aliphatic heterocycles. The van der Waals surface area contributed by atoms with Crippen molar-refractivity contribution >= 4 is 12.1 Å². The van der Waals surface area contributed by atoms with Crippen LogP contribution in [0.2, 0.25) is 0 Å². The van der Waals surface area contributed by atoms with E-state index in [-0.39, 0.29) is 23.5 Å². The molecule has 1 N–H and O–H groups in total. The van der Waals surface area contributed by atoms with Gasteiger partial charge in [0.15, 0.2) is 0 Å². The fraction of sp³-hybridized carbons (Fsp3) is 0.875. The van der Waals surface area contributed by atoms with Gasteiger partial charge in [-0.05, 0) is 46.6 Å². The van der Waals surface area contributed by atoms with Crippen molar-refractivity contribution in [1.82, 2.24) is 10.2 Å². The second kappa shape index (κ2) is 6.44. The first-order valence-corrected chi connectivity index (χ1v) is 8.03. The smallest absolute Gasteiger partial charge is 0.407 e. The van der Waals surface area contributed by atoms with Gasteiger partial charge in [0, 0.05) is 24.9 Å². The molecule has 126 valence electrons. The molecule has 6 heteroatoms. The number of rotatable bonds is 5. The Kier molecular flexibility index (Phi) is 5.00. The number of likely N-dealkylation sites (tertiary alicyclic amines) is 1. The van der Waals surface area contributed by atoms with E-state index in [1.807, 2.05) is 20.8 Å². The van der Waals surface area contributed by atoms with Crippen molar-refractivity contribution in [3.8, 4) is 0 Å². The first kappa shape index (κ1) is 17.1. The Morgan fingerprint density at radius 2 is 2.00 bits per heavy atom. The van der Waals surface area contributed by atoms with Crippen LogP contribution in [0, 0.1) is 5.41 Å². The van der Waals surface area contributed by atoms with Crippen LogP contribution in [0.25, 0.3) is 0 Å². The summed E-state index contributed by atoms with van der Waals surface area (Å²) in [6.45, 7) is 8.30. The Morgan fingerprint density at radius 3 is 2.55 bits per heavy atom. The number of hydrogen-bond acceptors (Lipinski definition) is 5. The minimum absolute atomic E-state index is 0.153. The third-order valence-corrected chi connectivity index (χ3v) is 4.38. The molecule has 1 spiro atoms. The summed E-state index contributed by atoms with van der Waals surface area (Å²) in [7, 11) is 1.41. The van der Waals surface area contributed by atoms with Crippen LogP contribution in [-0.2, 0) is 14.3 Å². The van der Waals surface area contributed by atoms with Gasteiger partial charge in [-0.1, -0.05) is 0 Å². The summed E-state index contributed by atoms with van der Waals surface area (Å²) in [6.07, 6.45) is 3.22. The second-order valence-electron chi connectivity index (χ2n) is 7.48. The SMILES string of the molecule is COC(=O)CCCN1C[C@H](NC(=O)OC(C)(C)C)C2(CC2)C1. The lowest BCUT2D eigenvalue weighted by atomic mass is 10.0. The number of alkyl carbamates (subject to hydrolysis) is 1. The largest absolute Gasteiger partial charge is 0.469 e. The average Bonchev–Trinajstić information content (AvgIpc) is 3.08. The van der Waals surface area contributed by atoms with Crippen molar-refractivity contribution in [3.63, 3.8) is 0 Å². The van der Waals surface area contributed by atoms with Crippen molar-refractivity contribution in [1.29, 1.82) is 0 Å². The molecular weight excluding hydrogens is 284 g/mol.